The monoisotopic (exact) mass is 388 g/mol. The summed E-state index contributed by atoms with van der Waals surface area (Å²) in [6.45, 7) is 4.33. The number of hydrogen-bond acceptors (Lipinski definition) is 6. The van der Waals surface area contributed by atoms with Crippen LogP contribution in [-0.4, -0.2) is 66.2 Å². The molecule has 2 aliphatic heterocycles. The van der Waals surface area contributed by atoms with Gasteiger partial charge in [0.05, 0.1) is 4.88 Å². The van der Waals surface area contributed by atoms with Crippen LogP contribution in [0.3, 0.4) is 0 Å². The number of nitrogens with one attached hydrogen (secondary N) is 1. The molecule has 2 aromatic heterocycles. The molecule has 0 radical (unpaired) electrons. The van der Waals surface area contributed by atoms with Crippen LogP contribution in [0.2, 0.25) is 0 Å². The number of aromatic nitrogens is 1. The Balaban J connectivity index is 1.13. The number of thiophene rings is 1. The first kappa shape index (κ1) is 18.7. The molecule has 1 N–H and O–H groups in total. The number of carbonyl (C=O) groups excluding carboxylic acids is 1. The third-order valence-corrected chi connectivity index (χ3v) is 6.59. The normalized spacial score (nSPS) is 23.0. The lowest BCUT2D eigenvalue weighted by atomic mass is 10.1. The van der Waals surface area contributed by atoms with Crippen LogP contribution in [0.1, 0.15) is 42.6 Å². The van der Waals surface area contributed by atoms with Crippen molar-refractivity contribution in [2.45, 2.75) is 44.2 Å². The Morgan fingerprint density at radius 1 is 1.30 bits per heavy atom. The highest BCUT2D eigenvalue weighted by atomic mass is 32.1. The molecular weight excluding hydrogens is 360 g/mol. The second-order valence-electron chi connectivity index (χ2n) is 7.71. The topological polar surface area (TPSA) is 61.6 Å². The van der Waals surface area contributed by atoms with E-state index in [1.807, 2.05) is 17.5 Å². The maximum atomic E-state index is 12.2. The summed E-state index contributed by atoms with van der Waals surface area (Å²) in [6.07, 6.45) is 6.07. The summed E-state index contributed by atoms with van der Waals surface area (Å²) in [7, 11) is 2.24. The number of hydrogen-bond donors (Lipinski definition) is 1. The lowest BCUT2D eigenvalue weighted by Gasteiger charge is -2.39. The number of likely N-dealkylation sites (N-methyl/N-ethyl adjacent to an activating group) is 1. The van der Waals surface area contributed by atoms with Crippen LogP contribution in [0.4, 0.5) is 0 Å². The molecule has 2 aliphatic rings. The second kappa shape index (κ2) is 8.54. The van der Waals surface area contributed by atoms with Crippen LogP contribution < -0.4 is 5.32 Å². The van der Waals surface area contributed by atoms with Crippen LogP contribution in [0.15, 0.2) is 28.1 Å². The molecule has 4 heterocycles. The Morgan fingerprint density at radius 3 is 2.85 bits per heavy atom. The SMILES string of the molecule is CN1CC2CCC(C1)N2CCCCCNC(=O)c1cc(-c2cccs2)on1. The third-order valence-electron chi connectivity index (χ3n) is 5.70. The van der Waals surface area contributed by atoms with Gasteiger partial charge in [0.25, 0.3) is 5.91 Å². The first-order valence-electron chi connectivity index (χ1n) is 9.94. The van der Waals surface area contributed by atoms with Crippen LogP contribution in [0.5, 0.6) is 0 Å². The van der Waals surface area contributed by atoms with E-state index in [-0.39, 0.29) is 5.91 Å². The van der Waals surface area contributed by atoms with E-state index in [1.165, 1.54) is 38.9 Å². The standard InChI is InChI=1S/C20H28N4O2S/c1-23-13-15-7-8-16(14-23)24(15)10-4-2-3-9-21-20(25)17-12-18(26-22-17)19-6-5-11-27-19/h5-6,11-12,15-16H,2-4,7-10,13-14H2,1H3,(H,21,25). The largest absolute Gasteiger partial charge is 0.355 e. The van der Waals surface area contributed by atoms with Crippen LogP contribution in [0.25, 0.3) is 10.6 Å². The van der Waals surface area contributed by atoms with E-state index in [0.29, 0.717) is 18.0 Å². The van der Waals surface area contributed by atoms with Gasteiger partial charge in [0.15, 0.2) is 11.5 Å². The molecule has 1 amide bonds. The lowest BCUT2D eigenvalue weighted by Crippen LogP contribution is -2.52. The van der Waals surface area contributed by atoms with E-state index < -0.39 is 0 Å². The summed E-state index contributed by atoms with van der Waals surface area (Å²) in [6, 6.07) is 7.15. The Labute approximate surface area is 164 Å². The zero-order valence-corrected chi connectivity index (χ0v) is 16.7. The minimum absolute atomic E-state index is 0.154. The van der Waals surface area contributed by atoms with E-state index >= 15 is 0 Å². The average molecular weight is 389 g/mol. The molecule has 6 nitrogen and oxygen atoms in total. The second-order valence-corrected chi connectivity index (χ2v) is 8.66. The van der Waals surface area contributed by atoms with E-state index in [0.717, 1.165) is 29.8 Å². The van der Waals surface area contributed by atoms with Crippen molar-refractivity contribution < 1.29 is 9.32 Å². The number of nitrogens with zero attached hydrogens (tertiary/aromatic N) is 3. The number of carbonyl (C=O) groups is 1. The van der Waals surface area contributed by atoms with Crippen LogP contribution in [-0.2, 0) is 0 Å². The highest BCUT2D eigenvalue weighted by Gasteiger charge is 2.37. The number of unbranched alkanes of at least 4 members (excludes halogenated alkanes) is 2. The van der Waals surface area contributed by atoms with Crippen molar-refractivity contribution in [3.05, 3.63) is 29.3 Å². The summed E-state index contributed by atoms with van der Waals surface area (Å²) in [4.78, 5) is 18.4. The van der Waals surface area contributed by atoms with E-state index in [9.17, 15) is 4.79 Å². The molecular formula is C20H28N4O2S. The lowest BCUT2D eigenvalue weighted by molar-refractivity contribution is 0.0808. The molecule has 2 saturated heterocycles. The van der Waals surface area contributed by atoms with Gasteiger partial charge in [-0.25, -0.2) is 0 Å². The smallest absolute Gasteiger partial charge is 0.273 e. The quantitative estimate of drug-likeness (QED) is 0.704. The first-order chi connectivity index (χ1) is 13.2. The highest BCUT2D eigenvalue weighted by molar-refractivity contribution is 7.13. The maximum absolute atomic E-state index is 12.2. The Kier molecular flexibility index (Phi) is 5.90. The molecule has 146 valence electrons. The highest BCUT2D eigenvalue weighted by Crippen LogP contribution is 2.29. The Hall–Kier alpha value is -1.70. The molecule has 4 rings (SSSR count). The molecule has 27 heavy (non-hydrogen) atoms. The van der Waals surface area contributed by atoms with Gasteiger partial charge in [-0.2, -0.15) is 0 Å². The van der Waals surface area contributed by atoms with Gasteiger partial charge >= 0.3 is 0 Å². The van der Waals surface area contributed by atoms with Gasteiger partial charge in [-0.05, 0) is 50.7 Å². The van der Waals surface area contributed by atoms with E-state index in [2.05, 4.69) is 27.3 Å². The predicted octanol–water partition coefficient (Wildman–Crippen LogP) is 3.08. The van der Waals surface area contributed by atoms with Crippen molar-refractivity contribution in [2.24, 2.45) is 0 Å². The number of likely N-dealkylation sites (tertiary alicyclic amines) is 1. The molecule has 0 aliphatic carbocycles. The fourth-order valence-corrected chi connectivity index (χ4v) is 5.05. The molecule has 2 aromatic rings. The summed E-state index contributed by atoms with van der Waals surface area (Å²) in [5.74, 6) is 0.496. The number of fused-ring (bicyclic) bond motifs is 2. The van der Waals surface area contributed by atoms with Gasteiger partial charge in [0, 0.05) is 37.8 Å². The van der Waals surface area contributed by atoms with Crippen molar-refractivity contribution in [2.75, 3.05) is 33.2 Å². The van der Waals surface area contributed by atoms with Crippen molar-refractivity contribution in [3.63, 3.8) is 0 Å². The molecule has 0 saturated carbocycles. The maximum Gasteiger partial charge on any atom is 0.273 e. The molecule has 0 aromatic carbocycles. The Morgan fingerprint density at radius 2 is 2.11 bits per heavy atom. The van der Waals surface area contributed by atoms with Crippen molar-refractivity contribution in [1.82, 2.24) is 20.3 Å². The summed E-state index contributed by atoms with van der Waals surface area (Å²) in [5.41, 5.74) is 0.354. The van der Waals surface area contributed by atoms with Crippen LogP contribution >= 0.6 is 11.3 Å². The predicted molar refractivity (Wildman–Crippen MR) is 107 cm³/mol. The van der Waals surface area contributed by atoms with Gasteiger partial charge in [0.2, 0.25) is 0 Å². The van der Waals surface area contributed by atoms with Gasteiger partial charge in [-0.3, -0.25) is 9.69 Å². The number of rotatable bonds is 8. The van der Waals surface area contributed by atoms with Crippen LogP contribution in [0, 0.1) is 0 Å². The van der Waals surface area contributed by atoms with Gasteiger partial charge in [-0.1, -0.05) is 17.6 Å². The fraction of sp³-hybridized carbons (Fsp3) is 0.600. The zero-order chi connectivity index (χ0) is 18.6. The van der Waals surface area contributed by atoms with Gasteiger partial charge < -0.3 is 14.7 Å². The molecule has 2 bridgehead atoms. The fourth-order valence-electron chi connectivity index (χ4n) is 4.37. The van der Waals surface area contributed by atoms with Crippen molar-refractivity contribution in [1.29, 1.82) is 0 Å². The van der Waals surface area contributed by atoms with E-state index in [1.54, 1.807) is 17.4 Å². The minimum atomic E-state index is -0.154. The molecule has 0 spiro atoms. The summed E-state index contributed by atoms with van der Waals surface area (Å²) in [5, 5.41) is 8.82. The minimum Gasteiger partial charge on any atom is -0.355 e. The first-order valence-corrected chi connectivity index (χ1v) is 10.8. The number of amides is 1. The average Bonchev–Trinajstić information content (AvgIpc) is 3.38. The van der Waals surface area contributed by atoms with Gasteiger partial charge in [0.1, 0.15) is 0 Å². The molecule has 2 unspecified atom stereocenters. The summed E-state index contributed by atoms with van der Waals surface area (Å²) < 4.78 is 5.27. The molecule has 2 fully saturated rings. The molecule has 2 atom stereocenters. The van der Waals surface area contributed by atoms with E-state index in [4.69, 9.17) is 4.52 Å². The van der Waals surface area contributed by atoms with Crippen molar-refractivity contribution in [3.8, 4) is 10.6 Å². The third kappa shape index (κ3) is 4.42. The summed E-state index contributed by atoms with van der Waals surface area (Å²) >= 11 is 1.57. The Bertz CT molecular complexity index is 731. The zero-order valence-electron chi connectivity index (χ0n) is 15.9. The van der Waals surface area contributed by atoms with Crippen molar-refractivity contribution >= 4 is 17.2 Å². The number of piperazine rings is 1. The molecule has 7 heteroatoms. The van der Waals surface area contributed by atoms with Gasteiger partial charge in [-0.15, -0.1) is 11.3 Å².